The summed E-state index contributed by atoms with van der Waals surface area (Å²) in [5, 5.41) is 10.9. The summed E-state index contributed by atoms with van der Waals surface area (Å²) in [4.78, 5) is 11.8. The zero-order valence-electron chi connectivity index (χ0n) is 12.4. The van der Waals surface area contributed by atoms with Gasteiger partial charge in [-0.25, -0.2) is 4.79 Å². The van der Waals surface area contributed by atoms with E-state index in [9.17, 15) is 9.90 Å². The molecular formula is C16H23ClO4. The van der Waals surface area contributed by atoms with Gasteiger partial charge in [-0.1, -0.05) is 42.8 Å². The summed E-state index contributed by atoms with van der Waals surface area (Å²) in [6, 6.07) is 0. The molecule has 1 N–H and O–H groups in total. The van der Waals surface area contributed by atoms with E-state index in [0.717, 1.165) is 19.3 Å². The average molecular weight is 315 g/mol. The molecule has 1 fully saturated rings. The Kier molecular flexibility index (Phi) is 7.72. The summed E-state index contributed by atoms with van der Waals surface area (Å²) < 4.78 is 10.4. The summed E-state index contributed by atoms with van der Waals surface area (Å²) in [7, 11) is 1.31. The van der Waals surface area contributed by atoms with Crippen molar-refractivity contribution in [1.29, 1.82) is 0 Å². The first-order valence-corrected chi connectivity index (χ1v) is 7.51. The first-order chi connectivity index (χ1) is 10.0. The third kappa shape index (κ3) is 6.46. The van der Waals surface area contributed by atoms with Gasteiger partial charge >= 0.3 is 5.97 Å². The van der Waals surface area contributed by atoms with Crippen molar-refractivity contribution in [3.8, 4) is 0 Å². The van der Waals surface area contributed by atoms with Crippen molar-refractivity contribution in [2.24, 2.45) is 0 Å². The molecule has 0 bridgehead atoms. The van der Waals surface area contributed by atoms with Crippen LogP contribution < -0.4 is 0 Å². The molecule has 1 rings (SSSR count). The first kappa shape index (κ1) is 18.0. The molecule has 5 heteroatoms. The van der Waals surface area contributed by atoms with Crippen LogP contribution in [0.25, 0.3) is 0 Å². The fourth-order valence-electron chi connectivity index (χ4n) is 2.24. The fraction of sp³-hybridized carbons (Fsp3) is 0.562. The minimum atomic E-state index is -1.22. The predicted molar refractivity (Wildman–Crippen MR) is 82.8 cm³/mol. The highest BCUT2D eigenvalue weighted by Crippen LogP contribution is 2.31. The van der Waals surface area contributed by atoms with Crippen LogP contribution in [0.5, 0.6) is 0 Å². The molecule has 21 heavy (non-hydrogen) atoms. The number of halogens is 1. The Hall–Kier alpha value is -1.10. The Labute approximate surface area is 131 Å². The number of rotatable bonds is 7. The number of ether oxygens (including phenoxy) is 2. The average Bonchev–Trinajstić information content (AvgIpc) is 2.49. The summed E-state index contributed by atoms with van der Waals surface area (Å²) in [5.74, 6) is -1.71. The lowest BCUT2D eigenvalue weighted by atomic mass is 9.94. The second-order valence-corrected chi connectivity index (χ2v) is 5.49. The molecule has 0 radical (unpaired) electrons. The number of carbonyl (C=O) groups is 1. The van der Waals surface area contributed by atoms with Crippen molar-refractivity contribution in [3.05, 3.63) is 35.9 Å². The van der Waals surface area contributed by atoms with E-state index in [1.807, 2.05) is 0 Å². The molecular weight excluding hydrogens is 292 g/mol. The van der Waals surface area contributed by atoms with Crippen LogP contribution in [0.2, 0.25) is 0 Å². The maximum absolute atomic E-state index is 11.8. The molecule has 0 amide bonds. The Morgan fingerprint density at radius 1 is 1.43 bits per heavy atom. The Bertz CT molecular complexity index is 409. The Balaban J connectivity index is 2.63. The van der Waals surface area contributed by atoms with Crippen LogP contribution >= 0.6 is 11.6 Å². The first-order valence-electron chi connectivity index (χ1n) is 7.13. The molecule has 118 valence electrons. The van der Waals surface area contributed by atoms with Gasteiger partial charge in [-0.2, -0.15) is 0 Å². The molecule has 4 nitrogen and oxygen atoms in total. The normalized spacial score (nSPS) is 20.2. The van der Waals surface area contributed by atoms with Crippen molar-refractivity contribution < 1.29 is 19.4 Å². The van der Waals surface area contributed by atoms with Gasteiger partial charge in [-0.05, 0) is 18.9 Å². The molecule has 0 saturated heterocycles. The van der Waals surface area contributed by atoms with Gasteiger partial charge in [0, 0.05) is 24.3 Å². The lowest BCUT2D eigenvalue weighted by molar-refractivity contribution is -0.247. The van der Waals surface area contributed by atoms with Crippen LogP contribution in [0.15, 0.2) is 35.9 Å². The number of allylic oxidation sites excluding steroid dienone is 4. The van der Waals surface area contributed by atoms with Crippen LogP contribution in [0.4, 0.5) is 0 Å². The van der Waals surface area contributed by atoms with Crippen molar-refractivity contribution in [2.75, 3.05) is 7.11 Å². The van der Waals surface area contributed by atoms with Gasteiger partial charge in [-0.15, -0.1) is 0 Å². The molecule has 1 aliphatic carbocycles. The SMILES string of the molecule is C=C/C(Cl)=C\C=C\CC(OC1(O)CCCCC1)C(=O)OC. The Morgan fingerprint density at radius 2 is 2.10 bits per heavy atom. The molecule has 0 aliphatic heterocycles. The summed E-state index contributed by atoms with van der Waals surface area (Å²) >= 11 is 5.78. The van der Waals surface area contributed by atoms with Crippen LogP contribution in [0.1, 0.15) is 38.5 Å². The predicted octanol–water partition coefficient (Wildman–Crippen LogP) is 3.45. The maximum Gasteiger partial charge on any atom is 0.335 e. The molecule has 1 aliphatic rings. The Morgan fingerprint density at radius 3 is 2.67 bits per heavy atom. The third-order valence-electron chi connectivity index (χ3n) is 3.40. The number of hydrogen-bond donors (Lipinski definition) is 1. The quantitative estimate of drug-likeness (QED) is 0.444. The van der Waals surface area contributed by atoms with E-state index in [2.05, 4.69) is 6.58 Å². The lowest BCUT2D eigenvalue weighted by Crippen LogP contribution is -2.41. The summed E-state index contributed by atoms with van der Waals surface area (Å²) in [6.07, 6.45) is 10.1. The van der Waals surface area contributed by atoms with E-state index in [4.69, 9.17) is 21.1 Å². The highest BCUT2D eigenvalue weighted by Gasteiger charge is 2.35. The minimum absolute atomic E-state index is 0.312. The van der Waals surface area contributed by atoms with E-state index in [0.29, 0.717) is 24.3 Å². The van der Waals surface area contributed by atoms with E-state index in [1.54, 1.807) is 18.2 Å². The van der Waals surface area contributed by atoms with Gasteiger partial charge in [0.05, 0.1) is 7.11 Å². The number of hydrogen-bond acceptors (Lipinski definition) is 4. The summed E-state index contributed by atoms with van der Waals surface area (Å²) in [5.41, 5.74) is 0. The molecule has 1 saturated carbocycles. The topological polar surface area (TPSA) is 55.8 Å². The molecule has 0 heterocycles. The maximum atomic E-state index is 11.8. The van der Waals surface area contributed by atoms with E-state index in [1.165, 1.54) is 13.2 Å². The fourth-order valence-corrected chi connectivity index (χ4v) is 2.31. The zero-order valence-corrected chi connectivity index (χ0v) is 13.1. The second kappa shape index (κ2) is 9.03. The molecule has 1 atom stereocenters. The highest BCUT2D eigenvalue weighted by molar-refractivity contribution is 6.31. The zero-order chi connectivity index (χ0) is 15.7. The van der Waals surface area contributed by atoms with Crippen LogP contribution in [-0.2, 0) is 14.3 Å². The van der Waals surface area contributed by atoms with Gasteiger partial charge in [0.25, 0.3) is 0 Å². The van der Waals surface area contributed by atoms with Crippen molar-refractivity contribution >= 4 is 17.6 Å². The van der Waals surface area contributed by atoms with E-state index >= 15 is 0 Å². The van der Waals surface area contributed by atoms with Crippen LogP contribution in [0, 0.1) is 0 Å². The summed E-state index contributed by atoms with van der Waals surface area (Å²) in [6.45, 7) is 3.54. The van der Waals surface area contributed by atoms with Crippen molar-refractivity contribution in [2.45, 2.75) is 50.4 Å². The van der Waals surface area contributed by atoms with E-state index in [-0.39, 0.29) is 0 Å². The molecule has 0 aromatic rings. The van der Waals surface area contributed by atoms with Gasteiger partial charge < -0.3 is 14.6 Å². The monoisotopic (exact) mass is 314 g/mol. The third-order valence-corrected chi connectivity index (χ3v) is 3.68. The van der Waals surface area contributed by atoms with Gasteiger partial charge in [0.15, 0.2) is 11.9 Å². The minimum Gasteiger partial charge on any atom is -0.467 e. The number of methoxy groups -OCH3 is 1. The van der Waals surface area contributed by atoms with Crippen LogP contribution in [0.3, 0.4) is 0 Å². The largest absolute Gasteiger partial charge is 0.467 e. The van der Waals surface area contributed by atoms with E-state index < -0.39 is 17.9 Å². The standard InChI is InChI=1S/C16H23ClO4/c1-3-13(17)9-5-6-10-14(15(18)20-2)21-16(19)11-7-4-8-12-16/h3,5-6,9,14,19H,1,4,7-8,10-12H2,2H3/b6-5+,13-9+. The van der Waals surface area contributed by atoms with Gasteiger partial charge in [-0.3, -0.25) is 0 Å². The van der Waals surface area contributed by atoms with Gasteiger partial charge in [0.1, 0.15) is 0 Å². The van der Waals surface area contributed by atoms with Crippen LogP contribution in [-0.4, -0.2) is 30.1 Å². The molecule has 0 aromatic carbocycles. The smallest absolute Gasteiger partial charge is 0.335 e. The number of carbonyl (C=O) groups excluding carboxylic acids is 1. The molecule has 1 unspecified atom stereocenters. The molecule has 0 aromatic heterocycles. The van der Waals surface area contributed by atoms with Gasteiger partial charge in [0.2, 0.25) is 0 Å². The second-order valence-electron chi connectivity index (χ2n) is 5.06. The van der Waals surface area contributed by atoms with Crippen molar-refractivity contribution in [3.63, 3.8) is 0 Å². The molecule has 0 spiro atoms. The number of esters is 1. The highest BCUT2D eigenvalue weighted by atomic mass is 35.5. The lowest BCUT2D eigenvalue weighted by Gasteiger charge is -2.34. The number of aliphatic hydroxyl groups is 1. The van der Waals surface area contributed by atoms with Crippen molar-refractivity contribution in [1.82, 2.24) is 0 Å².